The first-order valence-corrected chi connectivity index (χ1v) is 7.39. The van der Waals surface area contributed by atoms with Gasteiger partial charge in [0.1, 0.15) is 0 Å². The van der Waals surface area contributed by atoms with Crippen LogP contribution in [0.25, 0.3) is 0 Å². The summed E-state index contributed by atoms with van der Waals surface area (Å²) in [5.41, 5.74) is 1.17. The van der Waals surface area contributed by atoms with Gasteiger partial charge in [-0.3, -0.25) is 0 Å². The van der Waals surface area contributed by atoms with Gasteiger partial charge in [-0.25, -0.2) is 0 Å². The zero-order chi connectivity index (χ0) is 13.2. The summed E-state index contributed by atoms with van der Waals surface area (Å²) in [6, 6.07) is 0.319. The molecular formula is C13H23N3OS. The summed E-state index contributed by atoms with van der Waals surface area (Å²) < 4.78 is 9.78. The van der Waals surface area contributed by atoms with E-state index in [4.69, 9.17) is 4.74 Å². The van der Waals surface area contributed by atoms with Crippen LogP contribution < -0.4 is 5.32 Å². The Balaban J connectivity index is 2.24. The number of ether oxygens (including phenoxy) is 1. The van der Waals surface area contributed by atoms with Gasteiger partial charge in [0.2, 0.25) is 0 Å². The number of nitrogens with one attached hydrogen (secondary N) is 1. The highest BCUT2D eigenvalue weighted by Gasteiger charge is 2.32. The molecule has 2 atom stereocenters. The molecule has 1 aromatic rings. The van der Waals surface area contributed by atoms with Crippen LogP contribution in [0.5, 0.6) is 0 Å². The maximum Gasteiger partial charge on any atom is 0.0857 e. The standard InChI is InChI=1S/C13H23N3OS/c1-13(2,3)12-11(18-16-15-12)10(14-4)9-6-5-7-17-8-9/h9-10,14H,5-8H2,1-4H3. The van der Waals surface area contributed by atoms with Crippen molar-refractivity contribution in [3.05, 3.63) is 10.6 Å². The summed E-state index contributed by atoms with van der Waals surface area (Å²) in [4.78, 5) is 1.28. The van der Waals surface area contributed by atoms with E-state index in [1.807, 2.05) is 7.05 Å². The molecule has 1 aliphatic heterocycles. The van der Waals surface area contributed by atoms with E-state index in [1.165, 1.54) is 22.8 Å². The lowest BCUT2D eigenvalue weighted by Crippen LogP contribution is -2.32. The molecular weight excluding hydrogens is 246 g/mol. The van der Waals surface area contributed by atoms with Crippen molar-refractivity contribution in [2.45, 2.75) is 45.1 Å². The first kappa shape index (κ1) is 13.9. The van der Waals surface area contributed by atoms with Gasteiger partial charge in [0.15, 0.2) is 0 Å². The lowest BCUT2D eigenvalue weighted by molar-refractivity contribution is 0.0404. The highest BCUT2D eigenvalue weighted by atomic mass is 32.1. The minimum atomic E-state index is 0.0486. The Bertz CT molecular complexity index is 380. The molecule has 0 spiro atoms. The largest absolute Gasteiger partial charge is 0.381 e. The van der Waals surface area contributed by atoms with Crippen molar-refractivity contribution in [1.82, 2.24) is 14.9 Å². The molecule has 1 aromatic heterocycles. The Labute approximate surface area is 113 Å². The molecule has 1 fully saturated rings. The molecule has 2 rings (SSSR count). The van der Waals surface area contributed by atoms with Crippen molar-refractivity contribution in [3.63, 3.8) is 0 Å². The molecule has 4 nitrogen and oxygen atoms in total. The normalized spacial score (nSPS) is 23.0. The van der Waals surface area contributed by atoms with Crippen LogP contribution in [-0.4, -0.2) is 29.8 Å². The van der Waals surface area contributed by atoms with Gasteiger partial charge in [0.25, 0.3) is 0 Å². The van der Waals surface area contributed by atoms with E-state index in [2.05, 4.69) is 35.7 Å². The zero-order valence-electron chi connectivity index (χ0n) is 11.7. The molecule has 0 radical (unpaired) electrons. The second kappa shape index (κ2) is 5.63. The summed E-state index contributed by atoms with van der Waals surface area (Å²) in [6.45, 7) is 8.32. The molecule has 1 N–H and O–H groups in total. The van der Waals surface area contributed by atoms with Crippen LogP contribution in [0, 0.1) is 5.92 Å². The molecule has 18 heavy (non-hydrogen) atoms. The first-order chi connectivity index (χ1) is 8.54. The SMILES string of the molecule is CNC(c1snnc1C(C)(C)C)C1CCCOC1. The smallest absolute Gasteiger partial charge is 0.0857 e. The molecule has 0 amide bonds. The molecule has 5 heteroatoms. The maximum atomic E-state index is 5.61. The van der Waals surface area contributed by atoms with E-state index >= 15 is 0 Å². The summed E-state index contributed by atoms with van der Waals surface area (Å²) in [7, 11) is 2.02. The molecule has 1 saturated heterocycles. The molecule has 0 aliphatic carbocycles. The number of aromatic nitrogens is 2. The Morgan fingerprint density at radius 3 is 2.78 bits per heavy atom. The third-order valence-corrected chi connectivity index (χ3v) is 4.29. The minimum absolute atomic E-state index is 0.0486. The zero-order valence-corrected chi connectivity index (χ0v) is 12.5. The van der Waals surface area contributed by atoms with Crippen molar-refractivity contribution in [2.24, 2.45) is 5.92 Å². The molecule has 0 saturated carbocycles. The summed E-state index contributed by atoms with van der Waals surface area (Å²) in [5.74, 6) is 0.534. The van der Waals surface area contributed by atoms with Gasteiger partial charge in [-0.05, 0) is 31.4 Å². The van der Waals surface area contributed by atoms with Crippen molar-refractivity contribution in [1.29, 1.82) is 0 Å². The number of hydrogen-bond donors (Lipinski definition) is 1. The van der Waals surface area contributed by atoms with Gasteiger partial charge in [0, 0.05) is 24.0 Å². The molecule has 0 bridgehead atoms. The lowest BCUT2D eigenvalue weighted by atomic mass is 9.85. The third-order valence-electron chi connectivity index (χ3n) is 3.48. The number of hydrogen-bond acceptors (Lipinski definition) is 5. The Hall–Kier alpha value is -0.520. The second-order valence-electron chi connectivity index (χ2n) is 5.98. The monoisotopic (exact) mass is 269 g/mol. The van der Waals surface area contributed by atoms with Crippen LogP contribution in [0.4, 0.5) is 0 Å². The highest BCUT2D eigenvalue weighted by Crippen LogP contribution is 2.36. The maximum absolute atomic E-state index is 5.61. The average Bonchev–Trinajstić information content (AvgIpc) is 2.80. The van der Waals surface area contributed by atoms with Gasteiger partial charge in [0.05, 0.1) is 17.2 Å². The Morgan fingerprint density at radius 2 is 2.22 bits per heavy atom. The molecule has 1 aliphatic rings. The van der Waals surface area contributed by atoms with E-state index in [1.54, 1.807) is 0 Å². The fourth-order valence-corrected chi connectivity index (χ4v) is 3.60. The van der Waals surface area contributed by atoms with Crippen molar-refractivity contribution >= 4 is 11.5 Å². The fraction of sp³-hybridized carbons (Fsp3) is 0.846. The van der Waals surface area contributed by atoms with Crippen LogP contribution in [0.3, 0.4) is 0 Å². The van der Waals surface area contributed by atoms with Crippen molar-refractivity contribution in [2.75, 3.05) is 20.3 Å². The minimum Gasteiger partial charge on any atom is -0.381 e. The molecule has 2 heterocycles. The quantitative estimate of drug-likeness (QED) is 0.916. The highest BCUT2D eigenvalue weighted by molar-refractivity contribution is 7.05. The van der Waals surface area contributed by atoms with Crippen LogP contribution in [0.1, 0.15) is 50.2 Å². The van der Waals surface area contributed by atoms with Gasteiger partial charge in [-0.2, -0.15) is 0 Å². The predicted octanol–water partition coefficient (Wildman–Crippen LogP) is 2.52. The predicted molar refractivity (Wildman–Crippen MR) is 74.0 cm³/mol. The van der Waals surface area contributed by atoms with Gasteiger partial charge >= 0.3 is 0 Å². The summed E-state index contributed by atoms with van der Waals surface area (Å²) in [5, 5.41) is 7.78. The van der Waals surface area contributed by atoms with Gasteiger partial charge in [-0.1, -0.05) is 25.3 Å². The van der Waals surface area contributed by atoms with E-state index < -0.39 is 0 Å². The molecule has 102 valence electrons. The van der Waals surface area contributed by atoms with Gasteiger partial charge < -0.3 is 10.1 Å². The average molecular weight is 269 g/mol. The van der Waals surface area contributed by atoms with E-state index in [0.29, 0.717) is 12.0 Å². The van der Waals surface area contributed by atoms with Crippen molar-refractivity contribution in [3.8, 4) is 0 Å². The fourth-order valence-electron chi connectivity index (χ4n) is 2.53. The van der Waals surface area contributed by atoms with Crippen LogP contribution in [-0.2, 0) is 10.2 Å². The van der Waals surface area contributed by atoms with E-state index in [9.17, 15) is 0 Å². The van der Waals surface area contributed by atoms with Crippen LogP contribution >= 0.6 is 11.5 Å². The third kappa shape index (κ3) is 2.90. The van der Waals surface area contributed by atoms with Crippen molar-refractivity contribution < 1.29 is 4.74 Å². The second-order valence-corrected chi connectivity index (χ2v) is 6.77. The Kier molecular flexibility index (Phi) is 4.35. The van der Waals surface area contributed by atoms with E-state index in [0.717, 1.165) is 25.3 Å². The first-order valence-electron chi connectivity index (χ1n) is 6.61. The molecule has 0 aromatic carbocycles. The van der Waals surface area contributed by atoms with Crippen LogP contribution in [0.15, 0.2) is 0 Å². The summed E-state index contributed by atoms with van der Waals surface area (Å²) in [6.07, 6.45) is 2.37. The number of nitrogens with zero attached hydrogens (tertiary/aromatic N) is 2. The van der Waals surface area contributed by atoms with E-state index in [-0.39, 0.29) is 5.41 Å². The Morgan fingerprint density at radius 1 is 1.44 bits per heavy atom. The lowest BCUT2D eigenvalue weighted by Gasteiger charge is -2.30. The van der Waals surface area contributed by atoms with Crippen LogP contribution in [0.2, 0.25) is 0 Å². The number of rotatable bonds is 3. The topological polar surface area (TPSA) is 47.0 Å². The molecule has 2 unspecified atom stereocenters. The van der Waals surface area contributed by atoms with Gasteiger partial charge in [-0.15, -0.1) is 5.10 Å². The summed E-state index contributed by atoms with van der Waals surface area (Å²) >= 11 is 1.52.